The minimum atomic E-state index is -0.203. The van der Waals surface area contributed by atoms with E-state index in [1.54, 1.807) is 19.1 Å². The van der Waals surface area contributed by atoms with Crippen LogP contribution in [0.1, 0.15) is 10.6 Å². The predicted molar refractivity (Wildman–Crippen MR) is 92.5 cm³/mol. The van der Waals surface area contributed by atoms with Crippen LogP contribution in [0.5, 0.6) is 5.88 Å². The van der Waals surface area contributed by atoms with Crippen LogP contribution in [0.2, 0.25) is 0 Å². The lowest BCUT2D eigenvalue weighted by Gasteiger charge is -2.20. The Morgan fingerprint density at radius 2 is 2.09 bits per heavy atom. The van der Waals surface area contributed by atoms with Crippen molar-refractivity contribution >= 4 is 29.1 Å². The van der Waals surface area contributed by atoms with Crippen molar-refractivity contribution in [2.45, 2.75) is 13.5 Å². The van der Waals surface area contributed by atoms with Gasteiger partial charge in [-0.05, 0) is 30.6 Å². The van der Waals surface area contributed by atoms with E-state index in [2.05, 4.69) is 14.7 Å². The smallest absolute Gasteiger partial charge is 0.322 e. The molecule has 0 unspecified atom stereocenters. The van der Waals surface area contributed by atoms with Gasteiger partial charge in [-0.2, -0.15) is 4.37 Å². The quantitative estimate of drug-likeness (QED) is 0.909. The molecule has 0 atom stereocenters. The van der Waals surface area contributed by atoms with E-state index in [0.29, 0.717) is 18.1 Å². The van der Waals surface area contributed by atoms with E-state index in [0.717, 1.165) is 16.4 Å². The summed E-state index contributed by atoms with van der Waals surface area (Å²) in [6, 6.07) is 5.36. The zero-order valence-electron chi connectivity index (χ0n) is 14.0. The highest BCUT2D eigenvalue weighted by molar-refractivity contribution is 7.05. The highest BCUT2D eigenvalue weighted by atomic mass is 32.1. The lowest BCUT2D eigenvalue weighted by atomic mass is 10.3. The van der Waals surface area contributed by atoms with Crippen LogP contribution in [0, 0.1) is 6.92 Å². The summed E-state index contributed by atoms with van der Waals surface area (Å²) >= 11 is 1.32. The van der Waals surface area contributed by atoms with Crippen LogP contribution in [0.25, 0.3) is 0 Å². The average Bonchev–Trinajstić information content (AvgIpc) is 2.96. The zero-order chi connectivity index (χ0) is 17.0. The normalized spacial score (nSPS) is 10.3. The van der Waals surface area contributed by atoms with E-state index >= 15 is 0 Å². The molecule has 2 heterocycles. The van der Waals surface area contributed by atoms with Gasteiger partial charge in [0.1, 0.15) is 0 Å². The van der Waals surface area contributed by atoms with Gasteiger partial charge in [-0.1, -0.05) is 0 Å². The van der Waals surface area contributed by atoms with Crippen molar-refractivity contribution in [3.8, 4) is 5.88 Å². The fraction of sp³-hybridized carbons (Fsp3) is 0.400. The number of nitrogens with one attached hydrogen (secondary N) is 1. The SMILES string of the molecule is COc1cc(CN(C)C(=O)Nc2ccc(C)nc2N(C)C)sn1. The zero-order valence-corrected chi connectivity index (χ0v) is 14.8. The second kappa shape index (κ2) is 7.28. The van der Waals surface area contributed by atoms with Gasteiger partial charge in [-0.25, -0.2) is 9.78 Å². The molecule has 0 saturated carbocycles. The number of anilines is 2. The summed E-state index contributed by atoms with van der Waals surface area (Å²) in [6.45, 7) is 2.38. The Hall–Kier alpha value is -2.35. The Morgan fingerprint density at radius 1 is 1.35 bits per heavy atom. The molecule has 0 bridgehead atoms. The number of nitrogens with zero attached hydrogens (tertiary/aromatic N) is 4. The maximum atomic E-state index is 12.4. The molecule has 23 heavy (non-hydrogen) atoms. The minimum absolute atomic E-state index is 0.203. The van der Waals surface area contributed by atoms with E-state index in [9.17, 15) is 4.79 Å². The molecule has 0 fully saturated rings. The van der Waals surface area contributed by atoms with Crippen LogP contribution in [0.3, 0.4) is 0 Å². The Kier molecular flexibility index (Phi) is 5.38. The fourth-order valence-electron chi connectivity index (χ4n) is 1.96. The maximum absolute atomic E-state index is 12.4. The van der Waals surface area contributed by atoms with Gasteiger partial charge < -0.3 is 19.9 Å². The lowest BCUT2D eigenvalue weighted by Crippen LogP contribution is -2.31. The number of amides is 2. The Morgan fingerprint density at radius 3 is 2.70 bits per heavy atom. The third-order valence-electron chi connectivity index (χ3n) is 3.17. The monoisotopic (exact) mass is 335 g/mol. The first kappa shape index (κ1) is 17.0. The molecule has 8 heteroatoms. The van der Waals surface area contributed by atoms with Gasteiger partial charge in [0.05, 0.1) is 19.3 Å². The van der Waals surface area contributed by atoms with Crippen molar-refractivity contribution in [1.29, 1.82) is 0 Å². The molecule has 124 valence electrons. The third kappa shape index (κ3) is 4.32. The summed E-state index contributed by atoms with van der Waals surface area (Å²) in [7, 11) is 7.09. The van der Waals surface area contributed by atoms with Crippen LogP contribution >= 0.6 is 11.5 Å². The van der Waals surface area contributed by atoms with Crippen molar-refractivity contribution in [2.75, 3.05) is 38.5 Å². The Balaban J connectivity index is 2.06. The first-order chi connectivity index (χ1) is 10.9. The minimum Gasteiger partial charge on any atom is -0.480 e. The highest BCUT2D eigenvalue weighted by Crippen LogP contribution is 2.23. The van der Waals surface area contributed by atoms with E-state index in [1.165, 1.54) is 11.5 Å². The number of aromatic nitrogens is 2. The molecular weight excluding hydrogens is 314 g/mol. The summed E-state index contributed by atoms with van der Waals surface area (Å²) in [5, 5.41) is 2.90. The molecule has 0 aliphatic carbocycles. The van der Waals surface area contributed by atoms with Crippen molar-refractivity contribution in [1.82, 2.24) is 14.3 Å². The standard InChI is InChI=1S/C15H21N5O2S/c1-10-6-7-12(14(16-10)19(2)3)17-15(21)20(4)9-11-8-13(22-5)18-23-11/h6-8H,9H2,1-5H3,(H,17,21). The van der Waals surface area contributed by atoms with Crippen LogP contribution in [0.15, 0.2) is 18.2 Å². The van der Waals surface area contributed by atoms with Gasteiger partial charge in [0, 0.05) is 37.8 Å². The second-order valence-corrected chi connectivity index (χ2v) is 6.23. The summed E-state index contributed by atoms with van der Waals surface area (Å²) in [5.74, 6) is 1.29. The molecule has 0 spiro atoms. The molecule has 0 aliphatic rings. The van der Waals surface area contributed by atoms with Crippen LogP contribution in [0.4, 0.5) is 16.3 Å². The number of hydrogen-bond donors (Lipinski definition) is 1. The largest absolute Gasteiger partial charge is 0.480 e. The lowest BCUT2D eigenvalue weighted by molar-refractivity contribution is 0.221. The van der Waals surface area contributed by atoms with Crippen molar-refractivity contribution < 1.29 is 9.53 Å². The number of rotatable bonds is 5. The van der Waals surface area contributed by atoms with Crippen LogP contribution in [-0.4, -0.2) is 48.5 Å². The molecule has 7 nitrogen and oxygen atoms in total. The van der Waals surface area contributed by atoms with E-state index in [1.807, 2.05) is 44.1 Å². The van der Waals surface area contributed by atoms with Gasteiger partial charge in [0.25, 0.3) is 0 Å². The summed E-state index contributed by atoms with van der Waals surface area (Å²) in [5.41, 5.74) is 1.58. The van der Waals surface area contributed by atoms with Crippen LogP contribution < -0.4 is 15.0 Å². The number of pyridine rings is 1. The summed E-state index contributed by atoms with van der Waals surface area (Å²) in [6.07, 6.45) is 0. The molecule has 0 radical (unpaired) electrons. The number of ether oxygens (including phenoxy) is 1. The van der Waals surface area contributed by atoms with Gasteiger partial charge in [0.2, 0.25) is 5.88 Å². The summed E-state index contributed by atoms with van der Waals surface area (Å²) < 4.78 is 9.17. The molecule has 1 N–H and O–H groups in total. The van der Waals surface area contributed by atoms with Crippen LogP contribution in [-0.2, 0) is 6.54 Å². The van der Waals surface area contributed by atoms with Gasteiger partial charge >= 0.3 is 6.03 Å². The molecule has 2 aromatic heterocycles. The molecule has 2 aromatic rings. The number of urea groups is 1. The number of carbonyl (C=O) groups is 1. The van der Waals surface area contributed by atoms with Gasteiger partial charge in [0.15, 0.2) is 5.82 Å². The number of carbonyl (C=O) groups excluding carboxylic acids is 1. The second-order valence-electron chi connectivity index (χ2n) is 5.34. The van der Waals surface area contributed by atoms with E-state index < -0.39 is 0 Å². The first-order valence-electron chi connectivity index (χ1n) is 7.07. The fourth-order valence-corrected chi connectivity index (χ4v) is 2.70. The van der Waals surface area contributed by atoms with E-state index in [4.69, 9.17) is 4.74 Å². The third-order valence-corrected chi connectivity index (χ3v) is 3.92. The molecule has 2 rings (SSSR count). The predicted octanol–water partition coefficient (Wildman–Crippen LogP) is 2.59. The van der Waals surface area contributed by atoms with Crippen molar-refractivity contribution in [2.24, 2.45) is 0 Å². The number of aryl methyl sites for hydroxylation is 1. The van der Waals surface area contributed by atoms with Crippen molar-refractivity contribution in [3.63, 3.8) is 0 Å². The van der Waals surface area contributed by atoms with E-state index in [-0.39, 0.29) is 6.03 Å². The maximum Gasteiger partial charge on any atom is 0.322 e. The first-order valence-corrected chi connectivity index (χ1v) is 7.84. The Bertz CT molecular complexity index is 686. The molecule has 0 saturated heterocycles. The number of methoxy groups -OCH3 is 1. The topological polar surface area (TPSA) is 70.6 Å². The van der Waals surface area contributed by atoms with Gasteiger partial charge in [-0.3, -0.25) is 0 Å². The molecule has 0 aliphatic heterocycles. The molecular formula is C15H21N5O2S. The highest BCUT2D eigenvalue weighted by Gasteiger charge is 2.15. The molecule has 2 amide bonds. The Labute approximate surface area is 140 Å². The van der Waals surface area contributed by atoms with Crippen molar-refractivity contribution in [3.05, 3.63) is 28.8 Å². The van der Waals surface area contributed by atoms with Gasteiger partial charge in [-0.15, -0.1) is 0 Å². The average molecular weight is 335 g/mol. The number of hydrogen-bond acceptors (Lipinski definition) is 6. The molecule has 0 aromatic carbocycles. The summed E-state index contributed by atoms with van der Waals surface area (Å²) in [4.78, 5) is 21.2.